The van der Waals surface area contributed by atoms with E-state index < -0.39 is 17.7 Å². The van der Waals surface area contributed by atoms with Gasteiger partial charge in [-0.05, 0) is 84.5 Å². The van der Waals surface area contributed by atoms with E-state index in [-0.39, 0.29) is 11.3 Å². The van der Waals surface area contributed by atoms with Gasteiger partial charge >= 0.3 is 0 Å². The maximum Gasteiger partial charge on any atom is 0.300 e. The molecule has 6 nitrogen and oxygen atoms in total. The number of aryl methyl sites for hydroxylation is 1. The van der Waals surface area contributed by atoms with Crippen LogP contribution < -0.4 is 14.4 Å². The lowest BCUT2D eigenvalue weighted by Crippen LogP contribution is -2.29. The van der Waals surface area contributed by atoms with Gasteiger partial charge in [-0.15, -0.1) is 0 Å². The molecule has 42 heavy (non-hydrogen) atoms. The molecule has 1 N–H and O–H groups in total. The van der Waals surface area contributed by atoms with E-state index in [1.165, 1.54) is 4.90 Å². The van der Waals surface area contributed by atoms with E-state index in [2.05, 4.69) is 13.8 Å². The fourth-order valence-electron chi connectivity index (χ4n) is 5.22. The van der Waals surface area contributed by atoms with Crippen LogP contribution in [0.15, 0.2) is 103 Å². The van der Waals surface area contributed by atoms with Crippen molar-refractivity contribution < 1.29 is 24.2 Å². The molecular formula is C36H35NO5. The second-order valence-corrected chi connectivity index (χ2v) is 10.7. The van der Waals surface area contributed by atoms with Gasteiger partial charge in [-0.2, -0.15) is 0 Å². The first-order valence-corrected chi connectivity index (χ1v) is 14.2. The predicted octanol–water partition coefficient (Wildman–Crippen LogP) is 7.72. The molecule has 1 aliphatic rings. The van der Waals surface area contributed by atoms with Crippen LogP contribution in [0.25, 0.3) is 5.76 Å². The molecule has 214 valence electrons. The van der Waals surface area contributed by atoms with Gasteiger partial charge in [-0.1, -0.05) is 68.4 Å². The van der Waals surface area contributed by atoms with Crippen LogP contribution in [0.4, 0.5) is 5.69 Å². The number of benzene rings is 4. The molecule has 0 radical (unpaired) electrons. The van der Waals surface area contributed by atoms with Crippen LogP contribution in [0.5, 0.6) is 11.5 Å². The van der Waals surface area contributed by atoms with Crippen molar-refractivity contribution in [1.29, 1.82) is 0 Å². The van der Waals surface area contributed by atoms with Gasteiger partial charge in [-0.3, -0.25) is 14.5 Å². The average molecular weight is 562 g/mol. The van der Waals surface area contributed by atoms with Crippen molar-refractivity contribution in [3.05, 3.63) is 130 Å². The van der Waals surface area contributed by atoms with E-state index in [0.29, 0.717) is 47.4 Å². The lowest BCUT2D eigenvalue weighted by Gasteiger charge is -2.26. The summed E-state index contributed by atoms with van der Waals surface area (Å²) in [5.41, 5.74) is 4.65. The van der Waals surface area contributed by atoms with E-state index in [1.54, 1.807) is 18.2 Å². The number of anilines is 1. The number of aliphatic hydroxyl groups excluding tert-OH is 1. The smallest absolute Gasteiger partial charge is 0.300 e. The average Bonchev–Trinajstić information content (AvgIpc) is 3.26. The van der Waals surface area contributed by atoms with Crippen LogP contribution in [-0.4, -0.2) is 23.4 Å². The van der Waals surface area contributed by atoms with Gasteiger partial charge in [0, 0.05) is 11.3 Å². The molecule has 0 saturated carbocycles. The molecule has 6 heteroatoms. The highest BCUT2D eigenvalue weighted by atomic mass is 16.5. The standard InChI is InChI=1S/C36H35NO5/c1-5-41-30-13-9-12-27(21-30)33-32(35(39)36(40)37(33)29-17-14-26(15-18-29)23(2)3)34(38)28-16-19-31(24(4)20-28)42-22-25-10-7-6-8-11-25/h6-21,23,33,38H,5,22H2,1-4H3/b34-32+. The van der Waals surface area contributed by atoms with Gasteiger partial charge in [-0.25, -0.2) is 0 Å². The highest BCUT2D eigenvalue weighted by Crippen LogP contribution is 2.43. The minimum absolute atomic E-state index is 0.0268. The zero-order valence-corrected chi connectivity index (χ0v) is 24.3. The summed E-state index contributed by atoms with van der Waals surface area (Å²) in [7, 11) is 0. The molecule has 4 aromatic rings. The van der Waals surface area contributed by atoms with Crippen LogP contribution >= 0.6 is 0 Å². The molecule has 0 bridgehead atoms. The van der Waals surface area contributed by atoms with Crippen molar-refractivity contribution >= 4 is 23.1 Å². The lowest BCUT2D eigenvalue weighted by atomic mass is 9.94. The fourth-order valence-corrected chi connectivity index (χ4v) is 5.22. The summed E-state index contributed by atoms with van der Waals surface area (Å²) in [6, 6.07) is 29.2. The third kappa shape index (κ3) is 5.79. The second-order valence-electron chi connectivity index (χ2n) is 10.7. The monoisotopic (exact) mass is 561 g/mol. The summed E-state index contributed by atoms with van der Waals surface area (Å²) < 4.78 is 11.7. The maximum absolute atomic E-state index is 13.6. The highest BCUT2D eigenvalue weighted by molar-refractivity contribution is 6.51. The number of aliphatic hydroxyl groups is 1. The molecule has 0 spiro atoms. The van der Waals surface area contributed by atoms with E-state index in [0.717, 1.165) is 16.7 Å². The number of carbonyl (C=O) groups excluding carboxylic acids is 2. The van der Waals surface area contributed by atoms with E-state index in [1.807, 2.05) is 92.7 Å². The summed E-state index contributed by atoms with van der Waals surface area (Å²) >= 11 is 0. The molecule has 4 aromatic carbocycles. The highest BCUT2D eigenvalue weighted by Gasteiger charge is 2.47. The Bertz CT molecular complexity index is 1620. The molecular weight excluding hydrogens is 526 g/mol. The van der Waals surface area contributed by atoms with Crippen molar-refractivity contribution in [3.8, 4) is 11.5 Å². The Labute approximate surface area is 246 Å². The number of hydrogen-bond donors (Lipinski definition) is 1. The number of hydrogen-bond acceptors (Lipinski definition) is 5. The Kier molecular flexibility index (Phi) is 8.43. The largest absolute Gasteiger partial charge is 0.507 e. The summed E-state index contributed by atoms with van der Waals surface area (Å²) in [6.07, 6.45) is 0. The van der Waals surface area contributed by atoms with Crippen LogP contribution in [0, 0.1) is 6.92 Å². The van der Waals surface area contributed by atoms with Crippen LogP contribution in [0.3, 0.4) is 0 Å². The van der Waals surface area contributed by atoms with Crippen molar-refractivity contribution in [2.45, 2.75) is 46.3 Å². The van der Waals surface area contributed by atoms with Crippen LogP contribution in [0.2, 0.25) is 0 Å². The van der Waals surface area contributed by atoms with Gasteiger partial charge in [0.2, 0.25) is 0 Å². The molecule has 1 saturated heterocycles. The van der Waals surface area contributed by atoms with Crippen LogP contribution in [0.1, 0.15) is 60.5 Å². The molecule has 0 aliphatic carbocycles. The first kappa shape index (κ1) is 28.7. The second kappa shape index (κ2) is 12.4. The normalized spacial score (nSPS) is 16.2. The zero-order chi connectivity index (χ0) is 29.8. The van der Waals surface area contributed by atoms with E-state index in [4.69, 9.17) is 9.47 Å². The summed E-state index contributed by atoms with van der Waals surface area (Å²) in [4.78, 5) is 28.7. The van der Waals surface area contributed by atoms with Gasteiger partial charge in [0.15, 0.2) is 0 Å². The van der Waals surface area contributed by atoms with Crippen LogP contribution in [-0.2, 0) is 16.2 Å². The molecule has 5 rings (SSSR count). The molecule has 1 atom stereocenters. The summed E-state index contributed by atoms with van der Waals surface area (Å²) in [6.45, 7) is 8.85. The van der Waals surface area contributed by atoms with E-state index in [9.17, 15) is 14.7 Å². The first-order valence-electron chi connectivity index (χ1n) is 14.2. The number of nitrogens with zero attached hydrogens (tertiary/aromatic N) is 1. The van der Waals surface area contributed by atoms with Gasteiger partial charge in [0.05, 0.1) is 18.2 Å². The third-order valence-corrected chi connectivity index (χ3v) is 7.45. The number of carbonyl (C=O) groups is 2. The molecule has 1 heterocycles. The van der Waals surface area contributed by atoms with Gasteiger partial charge in [0.1, 0.15) is 23.9 Å². The molecule has 1 aliphatic heterocycles. The Morgan fingerprint density at radius 3 is 2.29 bits per heavy atom. The number of Topliss-reactive ketones (excluding diaryl/α,β-unsaturated/α-hetero) is 1. The van der Waals surface area contributed by atoms with Crippen molar-refractivity contribution in [1.82, 2.24) is 0 Å². The Morgan fingerprint density at radius 2 is 1.62 bits per heavy atom. The Hall–Kier alpha value is -4.84. The molecule has 1 amide bonds. The van der Waals surface area contributed by atoms with Crippen molar-refractivity contribution in [3.63, 3.8) is 0 Å². The number of ketones is 1. The first-order chi connectivity index (χ1) is 20.3. The van der Waals surface area contributed by atoms with E-state index >= 15 is 0 Å². The summed E-state index contributed by atoms with van der Waals surface area (Å²) in [5, 5.41) is 11.6. The van der Waals surface area contributed by atoms with Crippen molar-refractivity contribution in [2.75, 3.05) is 11.5 Å². The number of rotatable bonds is 9. The quantitative estimate of drug-likeness (QED) is 0.129. The minimum Gasteiger partial charge on any atom is -0.507 e. The fraction of sp³-hybridized carbons (Fsp3) is 0.222. The Morgan fingerprint density at radius 1 is 0.881 bits per heavy atom. The minimum atomic E-state index is -0.843. The summed E-state index contributed by atoms with van der Waals surface area (Å²) in [5.74, 6) is -0.0711. The topological polar surface area (TPSA) is 76.1 Å². The Balaban J connectivity index is 1.57. The third-order valence-electron chi connectivity index (χ3n) is 7.45. The number of ether oxygens (including phenoxy) is 2. The molecule has 0 aromatic heterocycles. The van der Waals surface area contributed by atoms with Gasteiger partial charge < -0.3 is 14.6 Å². The predicted molar refractivity (Wildman–Crippen MR) is 165 cm³/mol. The molecule has 1 unspecified atom stereocenters. The lowest BCUT2D eigenvalue weighted by molar-refractivity contribution is -0.132. The van der Waals surface area contributed by atoms with Gasteiger partial charge in [0.25, 0.3) is 11.7 Å². The van der Waals surface area contributed by atoms with Crippen molar-refractivity contribution in [2.24, 2.45) is 0 Å². The zero-order valence-electron chi connectivity index (χ0n) is 24.3. The molecule has 1 fully saturated rings. The SMILES string of the molecule is CCOc1cccc(C2/C(=C(\O)c3ccc(OCc4ccccc4)c(C)c3)C(=O)C(=O)N2c2ccc(C(C)C)cc2)c1. The number of amides is 1. The maximum atomic E-state index is 13.6.